The average Bonchev–Trinajstić information content (AvgIpc) is 3.22. The Kier molecular flexibility index (Phi) is 0.125. The van der Waals surface area contributed by atoms with Crippen molar-refractivity contribution in [2.24, 2.45) is 0 Å². The summed E-state index contributed by atoms with van der Waals surface area (Å²) >= 11 is 0. The van der Waals surface area contributed by atoms with Crippen LogP contribution in [0, 0.1) is 0 Å². The Hall–Kier alpha value is 0.219. The fraction of sp³-hybridized carbons (Fsp3) is 0.846. The van der Waals surface area contributed by atoms with Gasteiger partial charge in [-0.3, -0.25) is 0 Å². The van der Waals surface area contributed by atoms with Gasteiger partial charge in [0.2, 0.25) is 0 Å². The van der Waals surface area contributed by atoms with Gasteiger partial charge in [0, 0.05) is 0 Å². The summed E-state index contributed by atoms with van der Waals surface area (Å²) in [6.45, 7) is 1.38. The van der Waals surface area contributed by atoms with Crippen molar-refractivity contribution in [1.82, 2.24) is 5.32 Å². The summed E-state index contributed by atoms with van der Waals surface area (Å²) in [5.74, 6) is 0. The normalized spacial score (nSPS) is 138. The van der Waals surface area contributed by atoms with Gasteiger partial charge in [0.25, 0.3) is 0 Å². The van der Waals surface area contributed by atoms with Crippen LogP contribution in [0.3, 0.4) is 0 Å². The number of allylic oxidation sites excluding steroid dienone is 1. The van der Waals surface area contributed by atoms with Gasteiger partial charge >= 0.3 is 78.8 Å². The second kappa shape index (κ2) is 0.359. The molecular weight excluding hydrogens is 226 g/mol. The Labute approximate surface area is 79.0 Å². The van der Waals surface area contributed by atoms with Crippen LogP contribution in [0.15, 0.2) is 12.7 Å². The van der Waals surface area contributed by atoms with Crippen LogP contribution >= 0.6 is 0 Å². The third-order valence-corrected chi connectivity index (χ3v) is 58.5. The van der Waals surface area contributed by atoms with E-state index in [9.17, 15) is 0 Å². The first-order valence-corrected chi connectivity index (χ1v) is 12.8. The zero-order chi connectivity index (χ0) is 9.35. The van der Waals surface area contributed by atoms with Crippen molar-refractivity contribution in [3.8, 4) is 0 Å². The summed E-state index contributed by atoms with van der Waals surface area (Å²) in [6.07, 6.45) is 2.55. The van der Waals surface area contributed by atoms with Crippen LogP contribution in [0.25, 0.3) is 0 Å². The number of fused-ring (bicyclic) bond motifs is 10. The van der Waals surface area contributed by atoms with Gasteiger partial charge in [-0.25, -0.2) is 0 Å². The maximum absolute atomic E-state index is 4.33. The quantitative estimate of drug-likeness (QED) is 0.578. The predicted molar refractivity (Wildman–Crippen MR) is 54.7 cm³/mol. The van der Waals surface area contributed by atoms with Crippen molar-refractivity contribution in [1.29, 1.82) is 0 Å². The van der Waals surface area contributed by atoms with Gasteiger partial charge < -0.3 is 0 Å². The molecule has 80 valence electrons. The molecule has 0 aromatic carbocycles. The molecule has 0 amide bonds. The fourth-order valence-electron chi connectivity index (χ4n) is 18.0. The second-order valence-electron chi connectivity index (χ2n) is 10.3. The second-order valence-corrected chi connectivity index (χ2v) is 33.5. The van der Waals surface area contributed by atoms with Crippen molar-refractivity contribution >= 4 is 0 Å². The summed E-state index contributed by atoms with van der Waals surface area (Å²) in [7, 11) is 2.32. The molecule has 10 rings (SSSR count). The Morgan fingerprint density at radius 1 is 1.07 bits per heavy atom. The van der Waals surface area contributed by atoms with Crippen LogP contribution in [-0.4, -0.2) is 11.5 Å². The van der Waals surface area contributed by atoms with Crippen LogP contribution < -0.4 is 5.32 Å². The number of rotatable bonds is 2. The molecule has 8 atom stereocenters. The van der Waals surface area contributed by atoms with E-state index >= 15 is 0 Å². The Bertz CT molecular complexity index is 967. The fourth-order valence-corrected chi connectivity index (χ4v) is 93.5. The Morgan fingerprint density at radius 3 is 1.80 bits per heavy atom. The molecule has 15 heavy (non-hydrogen) atoms. The first-order chi connectivity index (χ1) is 7.05. The van der Waals surface area contributed by atoms with Crippen LogP contribution in [-0.2, 0) is 6.51 Å². The number of hydrogen-bond acceptors (Lipinski definition) is 1. The van der Waals surface area contributed by atoms with Gasteiger partial charge in [-0.05, 0) is 0 Å². The van der Waals surface area contributed by atoms with Gasteiger partial charge in [0.05, 0.1) is 0 Å². The van der Waals surface area contributed by atoms with E-state index in [1.165, 1.54) is 38.5 Å². The Balaban J connectivity index is 1.92. The minimum atomic E-state index is -2.95. The van der Waals surface area contributed by atoms with E-state index in [-0.39, 0.29) is 0 Å². The molecule has 10 fully saturated rings. The standard InChI is InChI=1S/C7H7.C6H8N.Fe/c1-2-7-5-3-4-6-7;1-7-6-4-2-3-5-6;/h2-6H,1H2;2-5,7H,1H3;. The van der Waals surface area contributed by atoms with Crippen LogP contribution in [0.2, 0.25) is 42.8 Å². The van der Waals surface area contributed by atoms with Gasteiger partial charge in [-0.1, -0.05) is 0 Å². The van der Waals surface area contributed by atoms with E-state index < -0.39 is 6.51 Å². The van der Waals surface area contributed by atoms with E-state index in [0.29, 0.717) is 0 Å². The van der Waals surface area contributed by atoms with Crippen molar-refractivity contribution in [2.75, 3.05) is 7.05 Å². The molecule has 0 aromatic heterocycles. The monoisotopic (exact) mass is 241 g/mol. The molecule has 1 spiro atoms. The van der Waals surface area contributed by atoms with E-state index in [0.717, 1.165) is 8.75 Å². The molecule has 0 bridgehead atoms. The van der Waals surface area contributed by atoms with E-state index in [2.05, 4.69) is 25.0 Å². The van der Waals surface area contributed by atoms with Crippen molar-refractivity contribution in [3.63, 3.8) is 0 Å². The summed E-state index contributed by atoms with van der Waals surface area (Å²) in [5.41, 5.74) is 0. The zero-order valence-corrected chi connectivity index (χ0v) is 9.86. The SMILES string of the molecule is C=C[C]12[CH]3[CH]4[CH]5[CH]1[Fe]45321678[CH]2[CH]1[CH]6[C]7(NC)[CH]28. The molecule has 1 N–H and O–H groups in total. The zero-order valence-electron chi connectivity index (χ0n) is 8.76. The van der Waals surface area contributed by atoms with Gasteiger partial charge in [-0.15, -0.1) is 0 Å². The maximum atomic E-state index is 4.33. The molecule has 10 aliphatic rings. The molecule has 10 saturated heterocycles. The van der Waals surface area contributed by atoms with Crippen LogP contribution in [0.1, 0.15) is 0 Å². The molecule has 10 heterocycles. The molecule has 2 heteroatoms. The summed E-state index contributed by atoms with van der Waals surface area (Å²) in [6, 6.07) is 0. The van der Waals surface area contributed by atoms with E-state index in [1.807, 2.05) is 0 Å². The average molecular weight is 241 g/mol. The first kappa shape index (κ1) is 5.25. The number of nitrogens with one attached hydrogen (secondary N) is 1. The molecular formula is C13H15FeN. The van der Waals surface area contributed by atoms with Crippen LogP contribution in [0.5, 0.6) is 0 Å². The van der Waals surface area contributed by atoms with Crippen molar-refractivity contribution < 1.29 is 6.51 Å². The van der Waals surface area contributed by atoms with E-state index in [4.69, 9.17) is 0 Å². The topological polar surface area (TPSA) is 12.0 Å². The third-order valence-electron chi connectivity index (χ3n) is 15.6. The van der Waals surface area contributed by atoms with E-state index in [1.54, 1.807) is 0 Å². The third kappa shape index (κ3) is 0.0394. The molecule has 0 aliphatic carbocycles. The molecule has 8 unspecified atom stereocenters. The Morgan fingerprint density at radius 2 is 1.60 bits per heavy atom. The van der Waals surface area contributed by atoms with Crippen LogP contribution in [0.4, 0.5) is 0 Å². The van der Waals surface area contributed by atoms with Crippen molar-refractivity contribution in [3.05, 3.63) is 12.7 Å². The van der Waals surface area contributed by atoms with Gasteiger partial charge in [-0.2, -0.15) is 0 Å². The number of hydrogen-bond donors (Lipinski definition) is 1. The molecule has 0 aromatic rings. The summed E-state index contributed by atoms with van der Waals surface area (Å²) in [5, 5.41) is 3.96. The molecule has 0 saturated carbocycles. The first-order valence-electron chi connectivity index (χ1n) is 6.59. The van der Waals surface area contributed by atoms with Crippen molar-refractivity contribution in [2.45, 2.75) is 47.3 Å². The summed E-state index contributed by atoms with van der Waals surface area (Å²) < 4.78 is 1.78. The van der Waals surface area contributed by atoms with Gasteiger partial charge in [0.1, 0.15) is 0 Å². The summed E-state index contributed by atoms with van der Waals surface area (Å²) in [4.78, 5) is 11.0. The molecule has 1 nitrogen and oxygen atoms in total. The van der Waals surface area contributed by atoms with Gasteiger partial charge in [0.15, 0.2) is 0 Å². The minimum absolute atomic E-state index is 0.878. The molecule has 0 radical (unpaired) electrons. The predicted octanol–water partition coefficient (Wildman–Crippen LogP) is 3.06. The molecule has 10 aliphatic heterocycles.